The topological polar surface area (TPSA) is 47.0 Å². The summed E-state index contributed by atoms with van der Waals surface area (Å²) >= 11 is 0. The molecule has 0 saturated carbocycles. The van der Waals surface area contributed by atoms with Crippen molar-refractivity contribution >= 4 is 0 Å². The minimum Gasteiger partial charge on any atom is -0.484 e. The summed E-state index contributed by atoms with van der Waals surface area (Å²) in [5, 5.41) is 0. The van der Waals surface area contributed by atoms with E-state index in [-0.39, 0.29) is 11.4 Å². The van der Waals surface area contributed by atoms with Crippen molar-refractivity contribution in [1.29, 1.82) is 0 Å². The van der Waals surface area contributed by atoms with Gasteiger partial charge < -0.3 is 9.72 Å². The van der Waals surface area contributed by atoms with Gasteiger partial charge >= 0.3 is 11.9 Å². The lowest BCUT2D eigenvalue weighted by Crippen LogP contribution is -2.19. The Bertz CT molecular complexity index is 569. The van der Waals surface area contributed by atoms with E-state index in [1.165, 1.54) is 41.2 Å². The monoisotopic (exact) mass is 258 g/mol. The number of halogens is 3. The maximum Gasteiger partial charge on any atom is 0.422 e. The van der Waals surface area contributed by atoms with Gasteiger partial charge in [0, 0.05) is 12.4 Å². The molecule has 0 aliphatic carbocycles. The largest absolute Gasteiger partial charge is 0.484 e. The van der Waals surface area contributed by atoms with Crippen molar-refractivity contribution in [1.82, 2.24) is 9.55 Å². The number of H-pyrrole nitrogens is 1. The molecule has 2 aromatic rings. The molecule has 0 saturated heterocycles. The number of hydrogen-bond acceptors (Lipinski definition) is 2. The number of hydrogen-bond donors (Lipinski definition) is 1. The summed E-state index contributed by atoms with van der Waals surface area (Å²) in [4.78, 5) is 13.7. The first-order chi connectivity index (χ1) is 8.46. The van der Waals surface area contributed by atoms with Crippen LogP contribution < -0.4 is 10.4 Å². The van der Waals surface area contributed by atoms with E-state index < -0.39 is 12.8 Å². The highest BCUT2D eigenvalue weighted by Crippen LogP contribution is 2.19. The van der Waals surface area contributed by atoms with E-state index in [2.05, 4.69) is 9.72 Å². The summed E-state index contributed by atoms with van der Waals surface area (Å²) in [6, 6.07) is 5.75. The van der Waals surface area contributed by atoms with Gasteiger partial charge in [0.05, 0.1) is 5.69 Å². The number of aromatic amines is 1. The Hall–Kier alpha value is -2.18. The van der Waals surface area contributed by atoms with Gasteiger partial charge in [0.25, 0.3) is 0 Å². The number of rotatable bonds is 3. The number of nitrogens with zero attached hydrogens (tertiary/aromatic N) is 1. The molecule has 0 amide bonds. The summed E-state index contributed by atoms with van der Waals surface area (Å²) in [7, 11) is 0. The number of benzene rings is 1. The van der Waals surface area contributed by atoms with E-state index in [1.807, 2.05) is 0 Å². The van der Waals surface area contributed by atoms with Crippen LogP contribution in [-0.2, 0) is 0 Å². The third-order valence-corrected chi connectivity index (χ3v) is 2.17. The lowest BCUT2D eigenvalue weighted by atomic mass is 10.3. The predicted molar refractivity (Wildman–Crippen MR) is 57.9 cm³/mol. The quantitative estimate of drug-likeness (QED) is 0.916. The van der Waals surface area contributed by atoms with Crippen molar-refractivity contribution in [3.8, 4) is 11.4 Å². The normalized spacial score (nSPS) is 11.5. The molecular weight excluding hydrogens is 249 g/mol. The highest BCUT2D eigenvalue weighted by Gasteiger charge is 2.28. The Morgan fingerprint density at radius 1 is 1.22 bits per heavy atom. The van der Waals surface area contributed by atoms with Crippen molar-refractivity contribution < 1.29 is 17.9 Å². The van der Waals surface area contributed by atoms with E-state index in [4.69, 9.17) is 0 Å². The van der Waals surface area contributed by atoms with Gasteiger partial charge in [-0.15, -0.1) is 0 Å². The summed E-state index contributed by atoms with van der Waals surface area (Å²) in [6.07, 6.45) is -1.37. The molecule has 0 aliphatic heterocycles. The molecule has 0 unspecified atom stereocenters. The summed E-state index contributed by atoms with van der Waals surface area (Å²) in [5.41, 5.74) is 0.222. The van der Waals surface area contributed by atoms with Gasteiger partial charge in [-0.05, 0) is 24.3 Å². The van der Waals surface area contributed by atoms with Gasteiger partial charge in [0.15, 0.2) is 6.61 Å². The molecule has 0 aliphatic rings. The van der Waals surface area contributed by atoms with Crippen molar-refractivity contribution in [2.75, 3.05) is 6.61 Å². The zero-order valence-electron chi connectivity index (χ0n) is 9.07. The zero-order valence-corrected chi connectivity index (χ0v) is 9.07. The number of imidazole rings is 1. The minimum absolute atomic E-state index is 0.0969. The fourth-order valence-corrected chi connectivity index (χ4v) is 1.39. The molecule has 18 heavy (non-hydrogen) atoms. The number of ether oxygens (including phenoxy) is 1. The number of aromatic nitrogens is 2. The molecule has 0 bridgehead atoms. The highest BCUT2D eigenvalue weighted by molar-refractivity contribution is 5.37. The van der Waals surface area contributed by atoms with Crippen LogP contribution in [0.25, 0.3) is 5.69 Å². The third-order valence-electron chi connectivity index (χ3n) is 2.17. The Kier molecular flexibility index (Phi) is 3.14. The lowest BCUT2D eigenvalue weighted by molar-refractivity contribution is -0.153. The molecular formula is C11H9F3N2O2. The summed E-state index contributed by atoms with van der Waals surface area (Å²) in [6.45, 7) is -1.34. The molecule has 96 valence electrons. The van der Waals surface area contributed by atoms with Gasteiger partial charge in [-0.2, -0.15) is 13.2 Å². The van der Waals surface area contributed by atoms with Crippen LogP contribution in [0.1, 0.15) is 0 Å². The predicted octanol–water partition coefficient (Wildman–Crippen LogP) is 2.11. The van der Waals surface area contributed by atoms with Crippen molar-refractivity contribution in [2.45, 2.75) is 6.18 Å². The van der Waals surface area contributed by atoms with Crippen LogP contribution in [0.15, 0.2) is 41.5 Å². The molecule has 1 N–H and O–H groups in total. The van der Waals surface area contributed by atoms with Gasteiger partial charge in [-0.3, -0.25) is 4.57 Å². The molecule has 0 spiro atoms. The average molecular weight is 258 g/mol. The number of alkyl halides is 3. The maximum atomic E-state index is 11.9. The molecule has 7 heteroatoms. The lowest BCUT2D eigenvalue weighted by Gasteiger charge is -2.09. The van der Waals surface area contributed by atoms with Crippen molar-refractivity contribution in [2.24, 2.45) is 0 Å². The van der Waals surface area contributed by atoms with Crippen LogP contribution >= 0.6 is 0 Å². The molecule has 0 fully saturated rings. The maximum absolute atomic E-state index is 11.9. The fraction of sp³-hybridized carbons (Fsp3) is 0.182. The van der Waals surface area contributed by atoms with E-state index >= 15 is 0 Å². The van der Waals surface area contributed by atoms with Crippen LogP contribution in [0.3, 0.4) is 0 Å². The second-order valence-corrected chi connectivity index (χ2v) is 3.53. The first-order valence-electron chi connectivity index (χ1n) is 5.02. The van der Waals surface area contributed by atoms with E-state index in [0.717, 1.165) is 0 Å². The summed E-state index contributed by atoms with van der Waals surface area (Å²) < 4.78 is 41.6. The van der Waals surface area contributed by atoms with Crippen molar-refractivity contribution in [3.63, 3.8) is 0 Å². The average Bonchev–Trinajstić information content (AvgIpc) is 2.73. The minimum atomic E-state index is -4.36. The third kappa shape index (κ3) is 2.93. The Balaban J connectivity index is 2.11. The second-order valence-electron chi connectivity index (χ2n) is 3.53. The van der Waals surface area contributed by atoms with Gasteiger partial charge in [-0.25, -0.2) is 4.79 Å². The van der Waals surface area contributed by atoms with Crippen LogP contribution in [-0.4, -0.2) is 22.3 Å². The zero-order chi connectivity index (χ0) is 13.2. The van der Waals surface area contributed by atoms with E-state index in [9.17, 15) is 18.0 Å². The van der Waals surface area contributed by atoms with Crippen LogP contribution in [0.4, 0.5) is 13.2 Å². The Morgan fingerprint density at radius 3 is 2.39 bits per heavy atom. The van der Waals surface area contributed by atoms with E-state index in [1.54, 1.807) is 0 Å². The SMILES string of the molecule is O=c1[nH]ccn1-c1ccc(OCC(F)(F)F)cc1. The highest BCUT2D eigenvalue weighted by atomic mass is 19.4. The number of nitrogens with one attached hydrogen (secondary N) is 1. The van der Waals surface area contributed by atoms with Gasteiger partial charge in [0.2, 0.25) is 0 Å². The molecule has 2 rings (SSSR count). The molecule has 1 aromatic heterocycles. The summed E-state index contributed by atoms with van der Waals surface area (Å²) in [5.74, 6) is 0.0969. The van der Waals surface area contributed by atoms with Gasteiger partial charge in [0.1, 0.15) is 5.75 Å². The second kappa shape index (κ2) is 4.59. The molecule has 1 heterocycles. The smallest absolute Gasteiger partial charge is 0.422 e. The molecule has 0 atom stereocenters. The first-order valence-corrected chi connectivity index (χ1v) is 5.02. The standard InChI is InChI=1S/C11H9F3N2O2/c12-11(13,14)7-18-9-3-1-8(2-4-9)16-6-5-15-10(16)17/h1-6H,7H2,(H,15,17). The fourth-order valence-electron chi connectivity index (χ4n) is 1.39. The molecule has 4 nitrogen and oxygen atoms in total. The van der Waals surface area contributed by atoms with Gasteiger partial charge in [-0.1, -0.05) is 0 Å². The molecule has 1 aromatic carbocycles. The van der Waals surface area contributed by atoms with E-state index in [0.29, 0.717) is 5.69 Å². The Morgan fingerprint density at radius 2 is 1.89 bits per heavy atom. The van der Waals surface area contributed by atoms with Crippen molar-refractivity contribution in [3.05, 3.63) is 47.1 Å². The first kappa shape index (κ1) is 12.3. The molecule has 0 radical (unpaired) electrons. The Labute approximate surface area is 99.6 Å². The van der Waals surface area contributed by atoms with Crippen LogP contribution in [0.2, 0.25) is 0 Å². The van der Waals surface area contributed by atoms with Crippen LogP contribution in [0.5, 0.6) is 5.75 Å². The van der Waals surface area contributed by atoms with Crippen LogP contribution in [0, 0.1) is 0 Å².